The van der Waals surface area contributed by atoms with Crippen molar-refractivity contribution in [2.45, 2.75) is 45.0 Å². The molecule has 2 heterocycles. The minimum absolute atomic E-state index is 0.269. The highest BCUT2D eigenvalue weighted by molar-refractivity contribution is 9.10. The van der Waals surface area contributed by atoms with Crippen LogP contribution in [0.4, 0.5) is 0 Å². The molecule has 3 aliphatic rings. The summed E-state index contributed by atoms with van der Waals surface area (Å²) in [5.74, 6) is -1.37. The molecule has 1 N–H and O–H groups in total. The first-order valence-electron chi connectivity index (χ1n) is 9.96. The van der Waals surface area contributed by atoms with Crippen molar-refractivity contribution in [1.29, 1.82) is 21.2 Å². The Morgan fingerprint density at radius 1 is 1.27 bits per heavy atom. The molecule has 2 aliphatic heterocycles. The fourth-order valence-electron chi connectivity index (χ4n) is 5.32. The van der Waals surface area contributed by atoms with Gasteiger partial charge in [-0.1, -0.05) is 22.9 Å². The second-order valence-corrected chi connectivity index (χ2v) is 9.16. The molecule has 7 nitrogen and oxygen atoms in total. The maximum atomic E-state index is 10.4. The van der Waals surface area contributed by atoms with Crippen molar-refractivity contribution in [3.05, 3.63) is 28.2 Å². The Kier molecular flexibility index (Phi) is 4.81. The van der Waals surface area contributed by atoms with E-state index in [9.17, 15) is 15.8 Å². The van der Waals surface area contributed by atoms with Crippen molar-refractivity contribution >= 4 is 21.8 Å². The zero-order chi connectivity index (χ0) is 21.7. The van der Waals surface area contributed by atoms with Crippen LogP contribution in [0.2, 0.25) is 0 Å². The lowest BCUT2D eigenvalue weighted by molar-refractivity contribution is -0.298. The van der Waals surface area contributed by atoms with E-state index in [1.165, 1.54) is 0 Å². The number of benzene rings is 1. The zero-order valence-corrected chi connectivity index (χ0v) is 18.3. The van der Waals surface area contributed by atoms with Crippen molar-refractivity contribution in [3.63, 3.8) is 0 Å². The predicted octanol–water partition coefficient (Wildman–Crippen LogP) is 4.60. The standard InChI is InChI=1S/C22H21BrN4O3/c1-3-28-16-5-4-14(23)9-15(16)18-20(10-24,11-25)21(12-26)17-8-13(2)6-7-22(17,29-18)30-19(21)27/h4-5,9,13,17-18,27H,3,6-8H2,1-2H3. The molecule has 1 saturated carbocycles. The van der Waals surface area contributed by atoms with Gasteiger partial charge in [0.25, 0.3) is 0 Å². The smallest absolute Gasteiger partial charge is 0.217 e. The van der Waals surface area contributed by atoms with Gasteiger partial charge in [0.2, 0.25) is 17.1 Å². The molecule has 1 aliphatic carbocycles. The van der Waals surface area contributed by atoms with Crippen LogP contribution in [0.15, 0.2) is 22.7 Å². The molecule has 1 aromatic rings. The Morgan fingerprint density at radius 3 is 2.63 bits per heavy atom. The molecule has 3 fully saturated rings. The SMILES string of the molecule is CCOc1ccc(Br)cc1C1OC23CCC(C)CC2C(C#N)(C(=N)O3)C1(C#N)C#N. The minimum Gasteiger partial charge on any atom is -0.493 e. The molecule has 5 unspecified atom stereocenters. The topological polar surface area (TPSA) is 123 Å². The molecule has 154 valence electrons. The molecule has 0 spiro atoms. The van der Waals surface area contributed by atoms with Crippen LogP contribution in [0, 0.1) is 62.1 Å². The van der Waals surface area contributed by atoms with Crippen LogP contribution < -0.4 is 4.74 Å². The molecule has 0 radical (unpaired) electrons. The van der Waals surface area contributed by atoms with Crippen LogP contribution in [0.25, 0.3) is 0 Å². The quantitative estimate of drug-likeness (QED) is 0.690. The number of ether oxygens (including phenoxy) is 3. The van der Waals surface area contributed by atoms with Gasteiger partial charge in [0.1, 0.15) is 11.9 Å². The van der Waals surface area contributed by atoms with E-state index in [1.54, 1.807) is 18.2 Å². The molecule has 2 saturated heterocycles. The lowest BCUT2D eigenvalue weighted by Crippen LogP contribution is -2.61. The van der Waals surface area contributed by atoms with Gasteiger partial charge in [0.05, 0.1) is 30.7 Å². The molecule has 30 heavy (non-hydrogen) atoms. The van der Waals surface area contributed by atoms with Crippen LogP contribution in [-0.2, 0) is 9.47 Å². The number of halogens is 1. The summed E-state index contributed by atoms with van der Waals surface area (Å²) in [5.41, 5.74) is -3.20. The van der Waals surface area contributed by atoms with E-state index in [1.807, 2.05) is 6.92 Å². The average Bonchev–Trinajstić information content (AvgIpc) is 2.93. The summed E-state index contributed by atoms with van der Waals surface area (Å²) in [7, 11) is 0. The first kappa shape index (κ1) is 20.7. The lowest BCUT2D eigenvalue weighted by Gasteiger charge is -2.52. The van der Waals surface area contributed by atoms with Crippen LogP contribution in [0.5, 0.6) is 5.75 Å². The van der Waals surface area contributed by atoms with Crippen LogP contribution in [0.3, 0.4) is 0 Å². The van der Waals surface area contributed by atoms with Gasteiger partial charge < -0.3 is 14.2 Å². The van der Waals surface area contributed by atoms with Crippen LogP contribution >= 0.6 is 15.9 Å². The summed E-state index contributed by atoms with van der Waals surface area (Å²) in [4.78, 5) is 0. The highest BCUT2D eigenvalue weighted by atomic mass is 79.9. The van der Waals surface area contributed by atoms with E-state index < -0.39 is 28.6 Å². The number of hydrogen-bond donors (Lipinski definition) is 1. The van der Waals surface area contributed by atoms with Crippen LogP contribution in [0.1, 0.15) is 44.8 Å². The van der Waals surface area contributed by atoms with E-state index in [0.717, 1.165) is 10.9 Å². The number of rotatable bonds is 3. The van der Waals surface area contributed by atoms with E-state index in [2.05, 4.69) is 41.1 Å². The first-order valence-corrected chi connectivity index (χ1v) is 10.7. The molecule has 8 heteroatoms. The summed E-state index contributed by atoms with van der Waals surface area (Å²) >= 11 is 3.44. The van der Waals surface area contributed by atoms with Gasteiger partial charge in [-0.2, -0.15) is 15.8 Å². The van der Waals surface area contributed by atoms with Gasteiger partial charge in [0, 0.05) is 16.5 Å². The third-order valence-corrected chi connectivity index (χ3v) is 7.22. The molecule has 0 aromatic heterocycles. The number of nitrogens with zero attached hydrogens (tertiary/aromatic N) is 3. The second kappa shape index (κ2) is 6.98. The normalized spacial score (nSPS) is 35.9. The minimum atomic E-state index is -1.97. The summed E-state index contributed by atoms with van der Waals surface area (Å²) in [6, 6.07) is 11.7. The summed E-state index contributed by atoms with van der Waals surface area (Å²) in [5, 5.41) is 39.7. The highest BCUT2D eigenvalue weighted by Crippen LogP contribution is 2.70. The van der Waals surface area contributed by atoms with Crippen molar-refractivity contribution in [1.82, 2.24) is 0 Å². The Bertz CT molecular complexity index is 1020. The van der Waals surface area contributed by atoms with Crippen molar-refractivity contribution in [2.24, 2.45) is 22.7 Å². The van der Waals surface area contributed by atoms with Gasteiger partial charge in [-0.05, 0) is 43.9 Å². The van der Waals surface area contributed by atoms with E-state index in [4.69, 9.17) is 19.6 Å². The number of hydrogen-bond acceptors (Lipinski definition) is 7. The van der Waals surface area contributed by atoms with Gasteiger partial charge in [-0.3, -0.25) is 5.41 Å². The van der Waals surface area contributed by atoms with E-state index >= 15 is 0 Å². The molecule has 1 aromatic carbocycles. The monoisotopic (exact) mass is 468 g/mol. The van der Waals surface area contributed by atoms with Gasteiger partial charge >= 0.3 is 0 Å². The Morgan fingerprint density at radius 2 is 2.00 bits per heavy atom. The second-order valence-electron chi connectivity index (χ2n) is 8.24. The van der Waals surface area contributed by atoms with E-state index in [-0.39, 0.29) is 11.8 Å². The summed E-state index contributed by atoms with van der Waals surface area (Å²) in [6.07, 6.45) is 0.732. The molecule has 5 atom stereocenters. The Balaban J connectivity index is 2.01. The Labute approximate surface area is 183 Å². The number of nitrogens with one attached hydrogen (secondary N) is 1. The molecule has 0 amide bonds. The van der Waals surface area contributed by atoms with Crippen molar-refractivity contribution < 1.29 is 14.2 Å². The van der Waals surface area contributed by atoms with Crippen molar-refractivity contribution in [2.75, 3.05) is 6.61 Å². The molecular formula is C22H21BrN4O3. The molecule has 2 bridgehead atoms. The maximum absolute atomic E-state index is 10.4. The molecular weight excluding hydrogens is 448 g/mol. The maximum Gasteiger partial charge on any atom is 0.217 e. The third-order valence-electron chi connectivity index (χ3n) is 6.73. The zero-order valence-electron chi connectivity index (χ0n) is 16.7. The number of nitriles is 3. The van der Waals surface area contributed by atoms with Gasteiger partial charge in [-0.25, -0.2) is 0 Å². The average molecular weight is 469 g/mol. The fourth-order valence-corrected chi connectivity index (χ4v) is 5.70. The van der Waals surface area contributed by atoms with Gasteiger partial charge in [0.15, 0.2) is 5.41 Å². The largest absolute Gasteiger partial charge is 0.493 e. The molecule has 4 rings (SSSR count). The third kappa shape index (κ3) is 2.40. The summed E-state index contributed by atoms with van der Waals surface area (Å²) in [6.45, 7) is 4.29. The first-order chi connectivity index (χ1) is 14.3. The predicted molar refractivity (Wildman–Crippen MR) is 109 cm³/mol. The highest BCUT2D eigenvalue weighted by Gasteiger charge is 2.81. The lowest BCUT2D eigenvalue weighted by atomic mass is 9.50. The van der Waals surface area contributed by atoms with Crippen molar-refractivity contribution in [3.8, 4) is 24.0 Å². The Hall–Kier alpha value is -2.60. The fraction of sp³-hybridized carbons (Fsp3) is 0.545. The summed E-state index contributed by atoms with van der Waals surface area (Å²) < 4.78 is 18.9. The van der Waals surface area contributed by atoms with Gasteiger partial charge in [-0.15, -0.1) is 0 Å². The van der Waals surface area contributed by atoms with Crippen LogP contribution in [-0.4, -0.2) is 18.3 Å². The van der Waals surface area contributed by atoms with E-state index in [0.29, 0.717) is 30.8 Å².